The summed E-state index contributed by atoms with van der Waals surface area (Å²) in [4.78, 5) is 20.8. The molecule has 3 N–H and O–H groups in total. The number of allylic oxidation sites excluding steroid dienone is 2. The number of hydrogen-bond donors (Lipinski definition) is 3. The summed E-state index contributed by atoms with van der Waals surface area (Å²) in [5, 5.41) is 11.8. The highest BCUT2D eigenvalue weighted by atomic mass is 16.5. The van der Waals surface area contributed by atoms with Crippen molar-refractivity contribution in [2.24, 2.45) is 0 Å². The maximum Gasteiger partial charge on any atom is 0.259 e. The Morgan fingerprint density at radius 1 is 1.17 bits per heavy atom. The maximum atomic E-state index is 13.2. The number of amides is 1. The number of carbonyl (C=O) groups is 1. The molecule has 0 radical (unpaired) electrons. The Morgan fingerprint density at radius 3 is 2.83 bits per heavy atom. The molecule has 0 fully saturated rings. The van der Waals surface area contributed by atoms with Crippen LogP contribution in [0.5, 0.6) is 5.75 Å². The van der Waals surface area contributed by atoms with Crippen LogP contribution in [-0.4, -0.2) is 32.8 Å². The SMILES string of the molecule is COc1ccccc1C(=O)NC1=C(C)Nc2ncnn2[C@@H]1c1c[nH]c2ccccc12. The molecule has 0 aliphatic carbocycles. The van der Waals surface area contributed by atoms with Gasteiger partial charge in [0.15, 0.2) is 0 Å². The van der Waals surface area contributed by atoms with Crippen molar-refractivity contribution in [3.05, 3.63) is 83.6 Å². The van der Waals surface area contributed by atoms with Gasteiger partial charge in [0.2, 0.25) is 5.95 Å². The number of H-pyrrole nitrogens is 1. The molecule has 0 bridgehead atoms. The van der Waals surface area contributed by atoms with Crippen molar-refractivity contribution in [2.75, 3.05) is 12.4 Å². The van der Waals surface area contributed by atoms with Crippen molar-refractivity contribution >= 4 is 22.8 Å². The third kappa shape index (κ3) is 2.81. The van der Waals surface area contributed by atoms with E-state index in [1.807, 2.05) is 43.5 Å². The molecule has 8 nitrogen and oxygen atoms in total. The average molecular weight is 400 g/mol. The van der Waals surface area contributed by atoms with Crippen molar-refractivity contribution < 1.29 is 9.53 Å². The Morgan fingerprint density at radius 2 is 1.97 bits per heavy atom. The van der Waals surface area contributed by atoms with Gasteiger partial charge in [-0.25, -0.2) is 4.68 Å². The Labute approximate surface area is 172 Å². The lowest BCUT2D eigenvalue weighted by molar-refractivity contribution is 0.0958. The zero-order chi connectivity index (χ0) is 20.7. The number of hydrogen-bond acceptors (Lipinski definition) is 5. The van der Waals surface area contributed by atoms with Crippen LogP contribution < -0.4 is 15.4 Å². The minimum absolute atomic E-state index is 0.253. The van der Waals surface area contributed by atoms with E-state index in [0.717, 1.165) is 22.2 Å². The first kappa shape index (κ1) is 18.0. The first-order chi connectivity index (χ1) is 14.7. The van der Waals surface area contributed by atoms with Crippen LogP contribution in [0.15, 0.2) is 72.4 Å². The van der Waals surface area contributed by atoms with Gasteiger partial charge in [0, 0.05) is 28.4 Å². The minimum Gasteiger partial charge on any atom is -0.496 e. The van der Waals surface area contributed by atoms with Gasteiger partial charge in [-0.1, -0.05) is 30.3 Å². The molecule has 3 heterocycles. The average Bonchev–Trinajstić information content (AvgIpc) is 3.41. The molecule has 2 aromatic carbocycles. The van der Waals surface area contributed by atoms with Gasteiger partial charge in [0.25, 0.3) is 5.91 Å². The first-order valence-corrected chi connectivity index (χ1v) is 9.55. The monoisotopic (exact) mass is 400 g/mol. The topological polar surface area (TPSA) is 96.9 Å². The highest BCUT2D eigenvalue weighted by Crippen LogP contribution is 2.36. The van der Waals surface area contributed by atoms with Gasteiger partial charge >= 0.3 is 0 Å². The maximum absolute atomic E-state index is 13.2. The van der Waals surface area contributed by atoms with E-state index in [1.165, 1.54) is 6.33 Å². The van der Waals surface area contributed by atoms with Crippen molar-refractivity contribution in [3.8, 4) is 5.75 Å². The van der Waals surface area contributed by atoms with Gasteiger partial charge in [-0.05, 0) is 25.1 Å². The van der Waals surface area contributed by atoms with E-state index < -0.39 is 0 Å². The molecule has 1 amide bonds. The molecular formula is C22H20N6O2. The molecule has 1 aliphatic rings. The smallest absolute Gasteiger partial charge is 0.259 e. The summed E-state index contributed by atoms with van der Waals surface area (Å²) in [6.45, 7) is 1.91. The van der Waals surface area contributed by atoms with E-state index >= 15 is 0 Å². The Hall–Kier alpha value is -4.07. The fourth-order valence-corrected chi connectivity index (χ4v) is 3.88. The standard InChI is InChI=1S/C22H20N6O2/c1-13-19(27-21(29)15-8-4-6-10-18(15)30-2)20(28-22(26-13)24-12-25-28)16-11-23-17-9-5-3-7-14(16)17/h3-12,20,23H,1-2H3,(H,27,29)(H,24,25,26)/t20-/m1/s1. The van der Waals surface area contributed by atoms with Gasteiger partial charge in [-0.2, -0.15) is 10.1 Å². The highest BCUT2D eigenvalue weighted by Gasteiger charge is 2.32. The van der Waals surface area contributed by atoms with E-state index in [0.29, 0.717) is 23.0 Å². The Balaban J connectivity index is 1.61. The number of aromatic amines is 1. The third-order valence-electron chi connectivity index (χ3n) is 5.31. The van der Waals surface area contributed by atoms with Gasteiger partial charge < -0.3 is 20.4 Å². The fourth-order valence-electron chi connectivity index (χ4n) is 3.88. The Kier molecular flexibility index (Phi) is 4.24. The molecule has 0 saturated carbocycles. The van der Waals surface area contributed by atoms with E-state index in [-0.39, 0.29) is 11.9 Å². The van der Waals surface area contributed by atoms with Crippen LogP contribution in [-0.2, 0) is 0 Å². The molecule has 0 unspecified atom stereocenters. The molecule has 1 aliphatic heterocycles. The van der Waals surface area contributed by atoms with Gasteiger partial charge in [-0.15, -0.1) is 0 Å². The van der Waals surface area contributed by atoms with Gasteiger partial charge in [0.1, 0.15) is 18.1 Å². The number of rotatable bonds is 4. The molecule has 5 rings (SSSR count). The lowest BCUT2D eigenvalue weighted by atomic mass is 10.00. The first-order valence-electron chi connectivity index (χ1n) is 9.55. The summed E-state index contributed by atoms with van der Waals surface area (Å²) < 4.78 is 7.14. The van der Waals surface area contributed by atoms with E-state index in [9.17, 15) is 4.79 Å². The second-order valence-corrected chi connectivity index (χ2v) is 7.04. The molecule has 1 atom stereocenters. The number of ether oxygens (including phenoxy) is 1. The summed E-state index contributed by atoms with van der Waals surface area (Å²) in [5.41, 5.74) is 3.97. The highest BCUT2D eigenvalue weighted by molar-refractivity contribution is 5.98. The third-order valence-corrected chi connectivity index (χ3v) is 5.31. The van der Waals surface area contributed by atoms with E-state index in [2.05, 4.69) is 31.8 Å². The molecule has 2 aromatic heterocycles. The van der Waals surface area contributed by atoms with Crippen LogP contribution in [0.1, 0.15) is 28.9 Å². The number of aromatic nitrogens is 4. The number of benzene rings is 2. The molecule has 8 heteroatoms. The molecule has 0 spiro atoms. The second-order valence-electron chi connectivity index (χ2n) is 7.04. The van der Waals surface area contributed by atoms with Crippen molar-refractivity contribution in [1.29, 1.82) is 0 Å². The van der Waals surface area contributed by atoms with E-state index in [4.69, 9.17) is 4.74 Å². The minimum atomic E-state index is -0.349. The summed E-state index contributed by atoms with van der Waals surface area (Å²) in [5.74, 6) is 0.886. The summed E-state index contributed by atoms with van der Waals surface area (Å²) in [6, 6.07) is 14.8. The number of nitrogens with zero attached hydrogens (tertiary/aromatic N) is 3. The number of fused-ring (bicyclic) bond motifs is 2. The van der Waals surface area contributed by atoms with Crippen LogP contribution in [0.25, 0.3) is 10.9 Å². The van der Waals surface area contributed by atoms with Crippen molar-refractivity contribution in [2.45, 2.75) is 13.0 Å². The second kappa shape index (κ2) is 7.07. The molecule has 30 heavy (non-hydrogen) atoms. The van der Waals surface area contributed by atoms with Crippen molar-refractivity contribution in [1.82, 2.24) is 25.1 Å². The quantitative estimate of drug-likeness (QED) is 0.488. The summed E-state index contributed by atoms with van der Waals surface area (Å²) >= 11 is 0. The van der Waals surface area contributed by atoms with Crippen LogP contribution >= 0.6 is 0 Å². The van der Waals surface area contributed by atoms with E-state index in [1.54, 1.807) is 23.9 Å². The molecular weight excluding hydrogens is 380 g/mol. The number of anilines is 1. The zero-order valence-corrected chi connectivity index (χ0v) is 16.5. The number of para-hydroxylation sites is 2. The number of nitrogens with one attached hydrogen (secondary N) is 3. The number of carbonyl (C=O) groups excluding carboxylic acids is 1. The summed E-state index contributed by atoms with van der Waals surface area (Å²) in [7, 11) is 1.55. The van der Waals surface area contributed by atoms with Gasteiger partial charge in [-0.3, -0.25) is 4.79 Å². The van der Waals surface area contributed by atoms with Crippen LogP contribution in [0.2, 0.25) is 0 Å². The van der Waals surface area contributed by atoms with Crippen LogP contribution in [0.3, 0.4) is 0 Å². The van der Waals surface area contributed by atoms with Crippen LogP contribution in [0, 0.1) is 0 Å². The predicted molar refractivity (Wildman–Crippen MR) is 113 cm³/mol. The largest absolute Gasteiger partial charge is 0.496 e. The predicted octanol–water partition coefficient (Wildman–Crippen LogP) is 3.44. The lowest BCUT2D eigenvalue weighted by Crippen LogP contribution is -2.35. The molecule has 150 valence electrons. The normalized spacial score (nSPS) is 15.6. The number of methoxy groups -OCH3 is 1. The fraction of sp³-hybridized carbons (Fsp3) is 0.136. The van der Waals surface area contributed by atoms with Crippen LogP contribution in [0.4, 0.5) is 5.95 Å². The molecule has 0 saturated heterocycles. The van der Waals surface area contributed by atoms with Crippen molar-refractivity contribution in [3.63, 3.8) is 0 Å². The Bertz CT molecular complexity index is 1290. The van der Waals surface area contributed by atoms with Gasteiger partial charge in [0.05, 0.1) is 18.4 Å². The zero-order valence-electron chi connectivity index (χ0n) is 16.5. The molecule has 4 aromatic rings. The summed E-state index contributed by atoms with van der Waals surface area (Å²) in [6.07, 6.45) is 3.46. The lowest BCUT2D eigenvalue weighted by Gasteiger charge is -2.29.